The van der Waals surface area contributed by atoms with Crippen molar-refractivity contribution < 1.29 is 14.3 Å². The third kappa shape index (κ3) is 5.46. The summed E-state index contributed by atoms with van der Waals surface area (Å²) in [6.07, 6.45) is 7.23. The number of benzene rings is 1. The normalized spacial score (nSPS) is 24.7. The van der Waals surface area contributed by atoms with Crippen molar-refractivity contribution in [2.24, 2.45) is 0 Å². The molecule has 0 unspecified atom stereocenters. The topological polar surface area (TPSA) is 82.1 Å². The third-order valence-corrected chi connectivity index (χ3v) is 10.2. The molecule has 41 heavy (non-hydrogen) atoms. The van der Waals surface area contributed by atoms with Crippen LogP contribution in [0.25, 0.3) is 0 Å². The first-order valence-electron chi connectivity index (χ1n) is 15.4. The summed E-state index contributed by atoms with van der Waals surface area (Å²) in [6.45, 7) is 11.8. The smallest absolute Gasteiger partial charge is 0.321 e. The highest BCUT2D eigenvalue weighted by Gasteiger charge is 2.47. The minimum absolute atomic E-state index is 0.0509. The van der Waals surface area contributed by atoms with Gasteiger partial charge < -0.3 is 19.4 Å². The Hall–Kier alpha value is -3.04. The Kier molecular flexibility index (Phi) is 8.01. The Balaban J connectivity index is 1.10. The summed E-state index contributed by atoms with van der Waals surface area (Å²) < 4.78 is 5.60. The number of amides is 3. The molecular formula is C32H44N6O3. The van der Waals surface area contributed by atoms with E-state index in [2.05, 4.69) is 61.9 Å². The second-order valence-electron chi connectivity index (χ2n) is 12.5. The van der Waals surface area contributed by atoms with E-state index in [4.69, 9.17) is 4.74 Å². The first-order chi connectivity index (χ1) is 19.9. The first kappa shape index (κ1) is 28.1. The van der Waals surface area contributed by atoms with E-state index >= 15 is 0 Å². The molecule has 4 aliphatic rings. The van der Waals surface area contributed by atoms with E-state index in [-0.39, 0.29) is 35.6 Å². The van der Waals surface area contributed by atoms with E-state index in [9.17, 15) is 9.59 Å². The van der Waals surface area contributed by atoms with Crippen LogP contribution in [0.5, 0.6) is 0 Å². The fraction of sp³-hybridized carbons (Fsp3) is 0.625. The maximum absolute atomic E-state index is 13.9. The molecule has 0 bridgehead atoms. The summed E-state index contributed by atoms with van der Waals surface area (Å²) >= 11 is 0. The molecule has 5 heterocycles. The lowest BCUT2D eigenvalue weighted by Gasteiger charge is -2.50. The van der Waals surface area contributed by atoms with Crippen LogP contribution in [0.15, 0.2) is 36.7 Å². The van der Waals surface area contributed by atoms with Gasteiger partial charge in [-0.05, 0) is 64.9 Å². The number of hydrogen-bond donors (Lipinski definition) is 0. The molecule has 4 aliphatic heterocycles. The molecule has 3 amide bonds. The summed E-state index contributed by atoms with van der Waals surface area (Å²) in [4.78, 5) is 44.7. The Morgan fingerprint density at radius 3 is 2.17 bits per heavy atom. The highest BCUT2D eigenvalue weighted by Crippen LogP contribution is 2.39. The fourth-order valence-electron chi connectivity index (χ4n) is 7.54. The molecule has 0 radical (unpaired) electrons. The van der Waals surface area contributed by atoms with Crippen LogP contribution in [0.1, 0.15) is 78.8 Å². The van der Waals surface area contributed by atoms with Crippen molar-refractivity contribution in [2.75, 3.05) is 45.9 Å². The summed E-state index contributed by atoms with van der Waals surface area (Å²) in [7, 11) is 0. The first-order valence-corrected chi connectivity index (χ1v) is 15.4. The van der Waals surface area contributed by atoms with Gasteiger partial charge in [0.25, 0.3) is 5.91 Å². The number of rotatable bonds is 5. The number of hydrogen-bond acceptors (Lipinski definition) is 6. The minimum atomic E-state index is 0.0509. The SMILES string of the molecule is Cc1ncnc(C)c1C(=O)N1CCC(C)(N2CCC(N3C(=O)N(C4CCOCC4)C[C@H]3c3ccccc3)CC2)CC1. The number of aryl methyl sites for hydroxylation is 2. The maximum Gasteiger partial charge on any atom is 0.321 e. The zero-order valence-electron chi connectivity index (χ0n) is 24.8. The summed E-state index contributed by atoms with van der Waals surface area (Å²) in [5, 5.41) is 0. The summed E-state index contributed by atoms with van der Waals surface area (Å²) in [6, 6.07) is 11.4. The number of urea groups is 1. The second kappa shape index (κ2) is 11.7. The molecule has 4 fully saturated rings. The van der Waals surface area contributed by atoms with Gasteiger partial charge in [0, 0.05) is 63.6 Å². The number of nitrogens with zero attached hydrogens (tertiary/aromatic N) is 6. The van der Waals surface area contributed by atoms with E-state index in [1.807, 2.05) is 18.7 Å². The van der Waals surface area contributed by atoms with Crippen molar-refractivity contribution in [1.29, 1.82) is 0 Å². The van der Waals surface area contributed by atoms with Crippen LogP contribution in [0, 0.1) is 13.8 Å². The van der Waals surface area contributed by atoms with Crippen LogP contribution in [0.4, 0.5) is 4.79 Å². The molecular weight excluding hydrogens is 516 g/mol. The molecule has 6 rings (SSSR count). The second-order valence-corrected chi connectivity index (χ2v) is 12.5. The van der Waals surface area contributed by atoms with E-state index < -0.39 is 0 Å². The Labute approximate surface area is 243 Å². The van der Waals surface area contributed by atoms with Crippen molar-refractivity contribution in [3.05, 3.63) is 59.2 Å². The number of likely N-dealkylation sites (tertiary alicyclic amines) is 2. The quantitative estimate of drug-likeness (QED) is 0.545. The van der Waals surface area contributed by atoms with Gasteiger partial charge in [-0.3, -0.25) is 9.69 Å². The standard InChI is InChI=1S/C32H44N6O3/c1-23-29(24(2)34-22-33-23)30(39)35-17-13-32(3,14-18-35)36-15-9-27(10-16-36)38-28(25-7-5-4-6-8-25)21-37(31(38)40)26-11-19-41-20-12-26/h4-8,22,26-28H,9-21H2,1-3H3/t28-/m0/s1. The molecule has 9 heteroatoms. The molecule has 9 nitrogen and oxygen atoms in total. The fourth-order valence-corrected chi connectivity index (χ4v) is 7.54. The number of carbonyl (C=O) groups excluding carboxylic acids is 2. The number of aromatic nitrogens is 2. The third-order valence-electron chi connectivity index (χ3n) is 10.2. The van der Waals surface area contributed by atoms with Crippen LogP contribution in [0.3, 0.4) is 0 Å². The molecule has 1 atom stereocenters. The van der Waals surface area contributed by atoms with Gasteiger partial charge in [0.15, 0.2) is 0 Å². The van der Waals surface area contributed by atoms with Gasteiger partial charge in [0.2, 0.25) is 0 Å². The molecule has 0 N–H and O–H groups in total. The lowest BCUT2D eigenvalue weighted by Crippen LogP contribution is -2.58. The van der Waals surface area contributed by atoms with Gasteiger partial charge in [-0.15, -0.1) is 0 Å². The van der Waals surface area contributed by atoms with Gasteiger partial charge >= 0.3 is 6.03 Å². The van der Waals surface area contributed by atoms with Crippen LogP contribution in [0.2, 0.25) is 0 Å². The zero-order valence-corrected chi connectivity index (χ0v) is 24.8. The van der Waals surface area contributed by atoms with Crippen LogP contribution >= 0.6 is 0 Å². The Morgan fingerprint density at radius 2 is 1.54 bits per heavy atom. The highest BCUT2D eigenvalue weighted by molar-refractivity contribution is 5.96. The Morgan fingerprint density at radius 1 is 0.902 bits per heavy atom. The van der Waals surface area contributed by atoms with Crippen molar-refractivity contribution in [1.82, 2.24) is 29.6 Å². The van der Waals surface area contributed by atoms with E-state index in [0.717, 1.165) is 95.9 Å². The number of ether oxygens (including phenoxy) is 1. The average molecular weight is 561 g/mol. The monoisotopic (exact) mass is 560 g/mol. The molecule has 220 valence electrons. The van der Waals surface area contributed by atoms with Gasteiger partial charge in [0.1, 0.15) is 6.33 Å². The van der Waals surface area contributed by atoms with Crippen LogP contribution in [-0.4, -0.2) is 105 Å². The van der Waals surface area contributed by atoms with Crippen LogP contribution in [-0.2, 0) is 4.74 Å². The predicted octanol–water partition coefficient (Wildman–Crippen LogP) is 4.21. The van der Waals surface area contributed by atoms with Gasteiger partial charge in [-0.25, -0.2) is 14.8 Å². The van der Waals surface area contributed by atoms with Gasteiger partial charge in [-0.2, -0.15) is 0 Å². The molecule has 0 aliphatic carbocycles. The van der Waals surface area contributed by atoms with E-state index in [1.165, 1.54) is 11.9 Å². The maximum atomic E-state index is 13.9. The molecule has 2 aromatic rings. The highest BCUT2D eigenvalue weighted by atomic mass is 16.5. The van der Waals surface area contributed by atoms with Gasteiger partial charge in [0.05, 0.1) is 23.0 Å². The molecule has 1 aromatic carbocycles. The lowest BCUT2D eigenvalue weighted by atomic mass is 9.85. The molecule has 4 saturated heterocycles. The van der Waals surface area contributed by atoms with Crippen molar-refractivity contribution in [2.45, 2.75) is 83.0 Å². The molecule has 0 spiro atoms. The Bertz CT molecular complexity index is 1210. The minimum Gasteiger partial charge on any atom is -0.381 e. The zero-order chi connectivity index (χ0) is 28.6. The predicted molar refractivity (Wildman–Crippen MR) is 157 cm³/mol. The summed E-state index contributed by atoms with van der Waals surface area (Å²) in [5.74, 6) is 0.0509. The lowest BCUT2D eigenvalue weighted by molar-refractivity contribution is 0.00467. The van der Waals surface area contributed by atoms with E-state index in [1.54, 1.807) is 0 Å². The van der Waals surface area contributed by atoms with Crippen molar-refractivity contribution in [3.8, 4) is 0 Å². The van der Waals surface area contributed by atoms with Crippen molar-refractivity contribution >= 4 is 11.9 Å². The number of piperidine rings is 2. The number of carbonyl (C=O) groups is 2. The average Bonchev–Trinajstić information content (AvgIpc) is 3.35. The van der Waals surface area contributed by atoms with Crippen molar-refractivity contribution in [3.63, 3.8) is 0 Å². The summed E-state index contributed by atoms with van der Waals surface area (Å²) in [5.41, 5.74) is 3.43. The largest absolute Gasteiger partial charge is 0.381 e. The van der Waals surface area contributed by atoms with E-state index in [0.29, 0.717) is 5.56 Å². The molecule has 1 aromatic heterocycles. The molecule has 0 saturated carbocycles. The van der Waals surface area contributed by atoms with Gasteiger partial charge in [-0.1, -0.05) is 30.3 Å². The van der Waals surface area contributed by atoms with Crippen LogP contribution < -0.4 is 0 Å².